The van der Waals surface area contributed by atoms with Crippen molar-refractivity contribution in [2.45, 2.75) is 38.8 Å². The van der Waals surface area contributed by atoms with Crippen molar-refractivity contribution >= 4 is 5.91 Å². The molecule has 102 valence electrons. The predicted molar refractivity (Wildman–Crippen MR) is 64.5 cm³/mol. The maximum absolute atomic E-state index is 10.6. The van der Waals surface area contributed by atoms with Crippen LogP contribution in [0.2, 0.25) is 0 Å². The van der Waals surface area contributed by atoms with Crippen molar-refractivity contribution in [2.75, 3.05) is 13.7 Å². The summed E-state index contributed by atoms with van der Waals surface area (Å²) in [5.41, 5.74) is 4.50. The van der Waals surface area contributed by atoms with Crippen LogP contribution in [0.15, 0.2) is 4.52 Å². The van der Waals surface area contributed by atoms with Crippen LogP contribution in [0.3, 0.4) is 0 Å². The van der Waals surface area contributed by atoms with Crippen molar-refractivity contribution in [2.24, 2.45) is 5.73 Å². The highest BCUT2D eigenvalue weighted by molar-refractivity contribution is 5.75. The molecule has 0 aliphatic heterocycles. The number of carbonyl (C=O) groups is 1. The lowest BCUT2D eigenvalue weighted by Crippen LogP contribution is -2.29. The van der Waals surface area contributed by atoms with Gasteiger partial charge in [0.15, 0.2) is 0 Å². The minimum Gasteiger partial charge on any atom is -0.370 e. The Kier molecular flexibility index (Phi) is 5.24. The van der Waals surface area contributed by atoms with Crippen molar-refractivity contribution < 1.29 is 14.1 Å². The Hall–Kier alpha value is -1.47. The molecule has 0 unspecified atom stereocenters. The zero-order valence-corrected chi connectivity index (χ0v) is 11.0. The Morgan fingerprint density at radius 3 is 2.67 bits per heavy atom. The minimum absolute atomic E-state index is 0.0781. The number of carbonyl (C=O) groups excluding carboxylic acids is 1. The van der Waals surface area contributed by atoms with E-state index in [4.69, 9.17) is 15.0 Å². The van der Waals surface area contributed by atoms with Gasteiger partial charge in [-0.15, -0.1) is 0 Å². The Labute approximate surface area is 106 Å². The molecule has 0 saturated heterocycles. The van der Waals surface area contributed by atoms with Crippen LogP contribution in [0.4, 0.5) is 0 Å². The van der Waals surface area contributed by atoms with Gasteiger partial charge in [-0.3, -0.25) is 10.1 Å². The van der Waals surface area contributed by atoms with Gasteiger partial charge in [-0.2, -0.15) is 4.98 Å². The van der Waals surface area contributed by atoms with Gasteiger partial charge >= 0.3 is 0 Å². The second kappa shape index (κ2) is 6.46. The first kappa shape index (κ1) is 14.6. The van der Waals surface area contributed by atoms with E-state index in [1.807, 2.05) is 13.8 Å². The molecule has 18 heavy (non-hydrogen) atoms. The van der Waals surface area contributed by atoms with E-state index in [-0.39, 0.29) is 6.54 Å². The van der Waals surface area contributed by atoms with Crippen LogP contribution >= 0.6 is 0 Å². The van der Waals surface area contributed by atoms with Gasteiger partial charge in [0.05, 0.1) is 13.1 Å². The Bertz CT molecular complexity index is 379. The quantitative estimate of drug-likeness (QED) is 0.693. The summed E-state index contributed by atoms with van der Waals surface area (Å²) in [6, 6.07) is 0. The first-order valence-electron chi connectivity index (χ1n) is 5.95. The lowest BCUT2D eigenvalue weighted by Gasteiger charge is -2.25. The number of nitrogens with one attached hydrogen (secondary N) is 1. The van der Waals surface area contributed by atoms with Gasteiger partial charge in [0.25, 0.3) is 0 Å². The number of methoxy groups -OCH3 is 1. The molecule has 1 heterocycles. The van der Waals surface area contributed by atoms with Crippen LogP contribution < -0.4 is 11.1 Å². The molecule has 0 bridgehead atoms. The van der Waals surface area contributed by atoms with E-state index in [1.54, 1.807) is 7.11 Å². The third kappa shape index (κ3) is 3.27. The number of primary amides is 1. The Morgan fingerprint density at radius 1 is 1.50 bits per heavy atom. The summed E-state index contributed by atoms with van der Waals surface area (Å²) in [5, 5.41) is 6.74. The van der Waals surface area contributed by atoms with Crippen molar-refractivity contribution in [1.82, 2.24) is 15.5 Å². The van der Waals surface area contributed by atoms with Gasteiger partial charge in [-0.25, -0.2) is 0 Å². The molecule has 7 heteroatoms. The van der Waals surface area contributed by atoms with Crippen LogP contribution in [0.1, 0.15) is 38.4 Å². The zero-order chi connectivity index (χ0) is 13.6. The van der Waals surface area contributed by atoms with E-state index in [0.717, 1.165) is 12.8 Å². The smallest absolute Gasteiger partial charge is 0.240 e. The molecule has 1 rings (SSSR count). The molecule has 3 N–H and O–H groups in total. The van der Waals surface area contributed by atoms with Crippen LogP contribution in [-0.2, 0) is 21.7 Å². The number of amides is 1. The number of aromatic nitrogens is 2. The van der Waals surface area contributed by atoms with Gasteiger partial charge in [-0.05, 0) is 12.8 Å². The molecule has 0 aliphatic carbocycles. The molecule has 0 spiro atoms. The van der Waals surface area contributed by atoms with E-state index in [1.165, 1.54) is 0 Å². The molecule has 1 amide bonds. The highest BCUT2D eigenvalue weighted by atomic mass is 16.5. The van der Waals surface area contributed by atoms with Crippen LogP contribution in [0, 0.1) is 0 Å². The highest BCUT2D eigenvalue weighted by Crippen LogP contribution is 2.29. The molecule has 0 aliphatic rings. The Morgan fingerprint density at radius 2 is 2.17 bits per heavy atom. The maximum atomic E-state index is 10.6. The third-order valence-corrected chi connectivity index (χ3v) is 2.98. The molecular formula is C11H20N4O3. The molecule has 0 aromatic carbocycles. The number of ether oxygens (including phenoxy) is 1. The van der Waals surface area contributed by atoms with Gasteiger partial charge < -0.3 is 15.0 Å². The largest absolute Gasteiger partial charge is 0.370 e. The minimum atomic E-state index is -0.508. The standard InChI is InChI=1S/C11H20N4O3/c1-4-11(5-2,17-3)10-14-9(18-15-10)7-13-6-8(12)16/h13H,4-7H2,1-3H3,(H2,12,16). The normalized spacial score (nSPS) is 11.7. The molecule has 1 aromatic rings. The summed E-state index contributed by atoms with van der Waals surface area (Å²) >= 11 is 0. The second-order valence-electron chi connectivity index (χ2n) is 3.99. The Balaban J connectivity index is 2.69. The number of nitrogens with zero attached hydrogens (tertiary/aromatic N) is 2. The molecule has 7 nitrogen and oxygen atoms in total. The number of nitrogens with two attached hydrogens (primary N) is 1. The third-order valence-electron chi connectivity index (χ3n) is 2.98. The predicted octanol–water partition coefficient (Wildman–Crippen LogP) is 0.306. The second-order valence-corrected chi connectivity index (χ2v) is 3.99. The van der Waals surface area contributed by atoms with Gasteiger partial charge in [0.1, 0.15) is 5.60 Å². The molecule has 0 atom stereocenters. The number of hydrogen-bond acceptors (Lipinski definition) is 6. The first-order chi connectivity index (χ1) is 8.57. The molecule has 1 aromatic heterocycles. The van der Waals surface area contributed by atoms with Gasteiger partial charge in [0.2, 0.25) is 17.6 Å². The van der Waals surface area contributed by atoms with Crippen LogP contribution in [-0.4, -0.2) is 29.7 Å². The average molecular weight is 256 g/mol. The SMILES string of the molecule is CCC(CC)(OC)c1noc(CNCC(N)=O)n1. The topological polar surface area (TPSA) is 103 Å². The summed E-state index contributed by atoms with van der Waals surface area (Å²) in [6.45, 7) is 4.40. The van der Waals surface area contributed by atoms with E-state index in [9.17, 15) is 4.79 Å². The molecule has 0 fully saturated rings. The first-order valence-corrected chi connectivity index (χ1v) is 5.95. The van der Waals surface area contributed by atoms with E-state index >= 15 is 0 Å². The molecular weight excluding hydrogens is 236 g/mol. The fraction of sp³-hybridized carbons (Fsp3) is 0.727. The number of rotatable bonds is 8. The van der Waals surface area contributed by atoms with Crippen molar-refractivity contribution in [3.05, 3.63) is 11.7 Å². The van der Waals surface area contributed by atoms with E-state index in [0.29, 0.717) is 18.3 Å². The average Bonchev–Trinajstić information content (AvgIpc) is 2.81. The summed E-state index contributed by atoms with van der Waals surface area (Å²) in [7, 11) is 1.63. The molecule has 0 saturated carbocycles. The summed E-state index contributed by atoms with van der Waals surface area (Å²) in [5.74, 6) is 0.517. The molecule has 0 radical (unpaired) electrons. The van der Waals surface area contributed by atoms with Crippen molar-refractivity contribution in [1.29, 1.82) is 0 Å². The summed E-state index contributed by atoms with van der Waals surface area (Å²) < 4.78 is 10.6. The van der Waals surface area contributed by atoms with E-state index < -0.39 is 11.5 Å². The van der Waals surface area contributed by atoms with Crippen molar-refractivity contribution in [3.63, 3.8) is 0 Å². The zero-order valence-electron chi connectivity index (χ0n) is 11.0. The van der Waals surface area contributed by atoms with Crippen LogP contribution in [0.25, 0.3) is 0 Å². The highest BCUT2D eigenvalue weighted by Gasteiger charge is 2.33. The van der Waals surface area contributed by atoms with Gasteiger partial charge in [-0.1, -0.05) is 19.0 Å². The van der Waals surface area contributed by atoms with Crippen molar-refractivity contribution in [3.8, 4) is 0 Å². The van der Waals surface area contributed by atoms with E-state index in [2.05, 4.69) is 15.5 Å². The maximum Gasteiger partial charge on any atom is 0.240 e. The number of hydrogen-bond donors (Lipinski definition) is 2. The lowest BCUT2D eigenvalue weighted by molar-refractivity contribution is -0.117. The van der Waals surface area contributed by atoms with Crippen LogP contribution in [0.5, 0.6) is 0 Å². The monoisotopic (exact) mass is 256 g/mol. The fourth-order valence-corrected chi connectivity index (χ4v) is 1.75. The summed E-state index contributed by atoms with van der Waals surface area (Å²) in [4.78, 5) is 14.8. The van der Waals surface area contributed by atoms with Gasteiger partial charge in [0, 0.05) is 7.11 Å². The summed E-state index contributed by atoms with van der Waals surface area (Å²) in [6.07, 6.45) is 1.52. The fourth-order valence-electron chi connectivity index (χ4n) is 1.75. The lowest BCUT2D eigenvalue weighted by atomic mass is 9.96.